The molecule has 0 aromatic heterocycles. The Morgan fingerprint density at radius 3 is 0.978 bits per heavy atom. The van der Waals surface area contributed by atoms with Crippen LogP contribution in [0.1, 0.15) is 29.5 Å². The van der Waals surface area contributed by atoms with Gasteiger partial charge in [0.25, 0.3) is 0 Å². The van der Waals surface area contributed by atoms with Gasteiger partial charge in [-0.25, -0.2) is 10.6 Å². The predicted octanol–water partition coefficient (Wildman–Crippen LogP) is 2.39. The Balaban J connectivity index is -0.00000000295. The van der Waals surface area contributed by atoms with Crippen molar-refractivity contribution in [2.24, 2.45) is 0 Å². The first kappa shape index (κ1) is 200. The summed E-state index contributed by atoms with van der Waals surface area (Å²) in [5, 5.41) is 0. The summed E-state index contributed by atoms with van der Waals surface area (Å²) in [4.78, 5) is 0. The van der Waals surface area contributed by atoms with Crippen LogP contribution in [0.3, 0.4) is 0 Å². The van der Waals surface area contributed by atoms with E-state index in [0.717, 1.165) is 18.5 Å². The van der Waals surface area contributed by atoms with E-state index < -0.39 is 0 Å². The van der Waals surface area contributed by atoms with E-state index in [-0.39, 0.29) is 1010 Å². The van der Waals surface area contributed by atoms with E-state index >= 15 is 0 Å². The molecular formula is C14H16NY31-. The average molecular weight is 2950 g/mol. The minimum atomic E-state index is 0. The van der Waals surface area contributed by atoms with Gasteiger partial charge >= 0.3 is 0 Å². The molecule has 1 aliphatic rings. The zero-order valence-corrected chi connectivity index (χ0v) is 115. The van der Waals surface area contributed by atoms with Crippen LogP contribution < -0.4 is 0 Å². The third-order valence-electron chi connectivity index (χ3n) is 3.06. The van der Waals surface area contributed by atoms with Crippen molar-refractivity contribution in [2.75, 3.05) is 13.6 Å². The summed E-state index contributed by atoms with van der Waals surface area (Å²) in [7, 11) is 2.15. The van der Waals surface area contributed by atoms with Gasteiger partial charge in [-0.05, 0) is 0 Å². The summed E-state index contributed by atoms with van der Waals surface area (Å²) >= 11 is 0. The molecule has 0 atom stereocenters. The summed E-state index contributed by atoms with van der Waals surface area (Å²) < 4.78 is 2.32. The van der Waals surface area contributed by atoms with Crippen LogP contribution in [0, 0.1) is 19.6 Å². The zero-order valence-electron chi connectivity index (χ0n) is 27.3. The van der Waals surface area contributed by atoms with Gasteiger partial charge in [-0.15, -0.1) is 17.2 Å². The molecule has 1 heterocycles. The van der Waals surface area contributed by atoms with Crippen LogP contribution in [0.5, 0.6) is 0 Å². The first-order valence-electron chi connectivity index (χ1n) is 5.37. The van der Waals surface area contributed by atoms with Crippen molar-refractivity contribution in [3.05, 3.63) is 41.5 Å². The number of hydrogen-bond acceptors (Lipinski definition) is 0. The summed E-state index contributed by atoms with van der Waals surface area (Å²) in [6, 6.07) is 7.23. The second-order valence-electron chi connectivity index (χ2n) is 4.09. The maximum absolute atomic E-state index is 5.64. The van der Waals surface area contributed by atoms with Crippen molar-refractivity contribution >= 4 is 11.8 Å². The minimum absolute atomic E-state index is 0. The minimum Gasteiger partial charge on any atom is -0.344 e. The molecule has 1 aliphatic heterocycles. The molecule has 32 heteroatoms. The third-order valence-corrected chi connectivity index (χ3v) is 3.06. The fraction of sp³-hybridized carbons (Fsp3) is 0.357. The van der Waals surface area contributed by atoms with Crippen LogP contribution in [0.25, 0.3) is 6.08 Å². The van der Waals surface area contributed by atoms with Gasteiger partial charge in [-0.2, -0.15) is 6.07 Å². The van der Waals surface area contributed by atoms with Crippen LogP contribution in [-0.4, -0.2) is 23.9 Å². The van der Waals surface area contributed by atoms with Crippen LogP contribution >= 0.6 is 0 Å². The van der Waals surface area contributed by atoms with E-state index in [1.165, 1.54) is 23.3 Å². The van der Waals surface area contributed by atoms with Crippen LogP contribution in [0.15, 0.2) is 12.1 Å². The van der Waals surface area contributed by atoms with E-state index in [2.05, 4.69) is 30.7 Å². The van der Waals surface area contributed by atoms with Gasteiger partial charge in [0.2, 0.25) is 0 Å². The van der Waals surface area contributed by atoms with Crippen molar-refractivity contribution in [1.82, 2.24) is 0 Å². The Labute approximate surface area is 1060 Å². The van der Waals surface area contributed by atoms with Crippen LogP contribution in [0.4, 0.5) is 0 Å². The quantitative estimate of drug-likeness (QED) is 0.317. The van der Waals surface area contributed by atoms with Crippen molar-refractivity contribution in [2.45, 2.75) is 19.8 Å². The second-order valence-corrected chi connectivity index (χ2v) is 4.09. The largest absolute Gasteiger partial charge is 0.344 e. The number of aryl methyl sites for hydroxylation is 1. The number of benzene rings is 1. The molecule has 2 rings (SSSR count). The predicted molar refractivity (Wildman–Crippen MR) is 63.2 cm³/mol. The Bertz CT molecular complexity index is 469. The molecule has 0 saturated carbocycles. The van der Waals surface area contributed by atoms with E-state index in [9.17, 15) is 0 Å². The normalized spacial score (nSPS) is 5.17. The molecule has 1 nitrogen and oxygen atoms in total. The summed E-state index contributed by atoms with van der Waals surface area (Å²) in [6.07, 6.45) is 4.04. The monoisotopic (exact) mass is 2950 g/mol. The molecule has 0 saturated heterocycles. The Hall–Kier alpha value is 32.9. The van der Waals surface area contributed by atoms with Crippen LogP contribution in [0.2, 0.25) is 0 Å². The van der Waals surface area contributed by atoms with Crippen LogP contribution in [-0.2, 0) is 1010 Å². The summed E-state index contributed by atoms with van der Waals surface area (Å²) in [6.45, 7) is 8.93. The molecule has 171 valence electrons. The molecule has 0 fully saturated rings. The second kappa shape index (κ2) is 153. The van der Waals surface area contributed by atoms with Crippen molar-refractivity contribution < 1.29 is 1020 Å². The van der Waals surface area contributed by atoms with Gasteiger partial charge in [0.15, 0.2) is 0 Å². The molecule has 0 amide bonds. The molecule has 46 heavy (non-hydrogen) atoms. The molecule has 0 N–H and O–H groups in total. The van der Waals surface area contributed by atoms with Gasteiger partial charge in [-0.3, -0.25) is 5.56 Å². The maximum atomic E-state index is 5.64. The molecule has 0 unspecified atom stereocenters. The molecule has 1 aromatic carbocycles. The number of nitrogens with zero attached hydrogens (tertiary/aromatic N) is 1. The fourth-order valence-corrected chi connectivity index (χ4v) is 2.26. The molecule has 1 aromatic rings. The molecule has 0 spiro atoms. The fourth-order valence-electron chi connectivity index (χ4n) is 2.26. The molecule has 0 aliphatic carbocycles. The van der Waals surface area contributed by atoms with Gasteiger partial charge in [0, 0.05) is 1030 Å². The number of rotatable bonds is 2. The van der Waals surface area contributed by atoms with Crippen molar-refractivity contribution in [3.63, 3.8) is 0 Å². The molecular weight excluding hydrogens is 2940 g/mol. The third kappa shape index (κ3) is 112. The first-order chi connectivity index (χ1) is 7.24. The van der Waals surface area contributed by atoms with Crippen molar-refractivity contribution in [3.8, 4) is 0 Å². The topological polar surface area (TPSA) is 3.01 Å². The van der Waals surface area contributed by atoms with Gasteiger partial charge in [0.1, 0.15) is 19.3 Å². The van der Waals surface area contributed by atoms with E-state index in [1.54, 1.807) is 6.08 Å². The molecule has 31 radical (unpaired) electrons. The maximum Gasteiger partial charge on any atom is 0.142 e. The standard InChI is InChI=1S/C14H16N.31Y/c1-4-12-8-5-7-11(2)14(12)13-9-6-10-15(13)3;;;;;;;;;;;;;;;;;;;;;;;;;;;;;;;/h1,4-5,7H,6,9-10H2,2-3H3;;;;;;;;;;;;;;;;;;;;;;;;;;;;;;;/q-1;;;;;;;;;;;;;;;;;;;;;;;;;;;;;;;. The van der Waals surface area contributed by atoms with E-state index in [4.69, 9.17) is 6.58 Å². The van der Waals surface area contributed by atoms with Gasteiger partial charge in [-0.1, -0.05) is 6.92 Å². The Morgan fingerprint density at radius 1 is 0.522 bits per heavy atom. The summed E-state index contributed by atoms with van der Waals surface area (Å²) in [5.41, 5.74) is 4.99. The smallest absolute Gasteiger partial charge is 0.142 e. The summed E-state index contributed by atoms with van der Waals surface area (Å²) in [5.74, 6) is 0. The van der Waals surface area contributed by atoms with E-state index in [0.29, 0.717) is 0 Å². The SMILES string of the molecule is [CH-]=Cc1[c-]ccc(C)c1C1=[N+](C)CCC1.[Y].[Y].[Y].[Y].[Y].[Y].[Y].[Y].[Y].[Y].[Y].[Y].[Y].[Y].[Y].[Y].[Y].[Y].[Y].[Y].[Y].[Y].[Y].[Y].[Y].[Y].[Y].[Y].[Y].[Y].[Y]. The number of hydrogen-bond donors (Lipinski definition) is 0. The average Bonchev–Trinajstić information content (AvgIpc) is 2.64. The van der Waals surface area contributed by atoms with Gasteiger partial charge < -0.3 is 12.7 Å². The molecule has 0 bridgehead atoms. The van der Waals surface area contributed by atoms with E-state index in [1.807, 2.05) is 6.07 Å². The van der Waals surface area contributed by atoms with Gasteiger partial charge in [0.05, 0.1) is 0 Å². The van der Waals surface area contributed by atoms with Crippen molar-refractivity contribution in [1.29, 1.82) is 0 Å². The zero-order chi connectivity index (χ0) is 10.8. The Morgan fingerprint density at radius 2 is 0.783 bits per heavy atom. The Kier molecular flexibility index (Phi) is 665. The first-order valence-corrected chi connectivity index (χ1v) is 5.37.